The van der Waals surface area contributed by atoms with Crippen molar-refractivity contribution in [3.8, 4) is 23.1 Å². The highest BCUT2D eigenvalue weighted by molar-refractivity contribution is 6.30. The molecule has 1 aliphatic heterocycles. The first-order chi connectivity index (χ1) is 15.2. The predicted octanol–water partition coefficient (Wildman–Crippen LogP) is 4.47. The Hall–Kier alpha value is -2.91. The van der Waals surface area contributed by atoms with Gasteiger partial charge in [0, 0.05) is 56.1 Å². The first kappa shape index (κ1) is 21.3. The number of rotatable bonds is 7. The summed E-state index contributed by atoms with van der Waals surface area (Å²) in [7, 11) is 0. The summed E-state index contributed by atoms with van der Waals surface area (Å²) >= 11 is 6.04. The van der Waals surface area contributed by atoms with Gasteiger partial charge in [0.25, 0.3) is 0 Å². The van der Waals surface area contributed by atoms with Crippen LogP contribution < -0.4 is 4.74 Å². The minimum atomic E-state index is 0.623. The fourth-order valence-corrected chi connectivity index (χ4v) is 3.92. The van der Waals surface area contributed by atoms with E-state index in [0.29, 0.717) is 12.2 Å². The number of hydrogen-bond acceptors (Lipinski definition) is 5. The lowest BCUT2D eigenvalue weighted by atomic mass is 10.1. The average molecular weight is 433 g/mol. The van der Waals surface area contributed by atoms with E-state index in [2.05, 4.69) is 26.9 Å². The molecule has 1 aromatic heterocycles. The van der Waals surface area contributed by atoms with E-state index in [1.165, 1.54) is 5.56 Å². The van der Waals surface area contributed by atoms with E-state index in [1.54, 1.807) is 12.1 Å². The number of hydrogen-bond donors (Lipinski definition) is 0. The largest absolute Gasteiger partial charge is 0.492 e. The molecule has 31 heavy (non-hydrogen) atoms. The molecule has 0 N–H and O–H groups in total. The molecule has 0 saturated carbocycles. The maximum atomic E-state index is 8.99. The van der Waals surface area contributed by atoms with Crippen LogP contribution in [0.25, 0.3) is 11.3 Å². The molecule has 1 saturated heterocycles. The van der Waals surface area contributed by atoms with Crippen LogP contribution in [0.3, 0.4) is 0 Å². The molecule has 1 fully saturated rings. The Morgan fingerprint density at radius 1 is 0.968 bits per heavy atom. The minimum Gasteiger partial charge on any atom is -0.492 e. The molecule has 0 aliphatic carbocycles. The lowest BCUT2D eigenvalue weighted by Gasteiger charge is -2.34. The van der Waals surface area contributed by atoms with Gasteiger partial charge in [-0.1, -0.05) is 35.9 Å². The Bertz CT molecular complexity index is 1040. The Morgan fingerprint density at radius 3 is 2.52 bits per heavy atom. The van der Waals surface area contributed by atoms with Crippen LogP contribution in [-0.4, -0.2) is 54.1 Å². The van der Waals surface area contributed by atoms with Crippen molar-refractivity contribution in [2.75, 3.05) is 39.3 Å². The van der Waals surface area contributed by atoms with E-state index < -0.39 is 0 Å². The molecule has 1 aliphatic rings. The number of nitrogens with zero attached hydrogens (tertiary/aromatic N) is 4. The molecule has 0 spiro atoms. The monoisotopic (exact) mass is 432 g/mol. The van der Waals surface area contributed by atoms with Gasteiger partial charge in [0.2, 0.25) is 0 Å². The van der Waals surface area contributed by atoms with E-state index in [9.17, 15) is 0 Å². The Kier molecular flexibility index (Phi) is 7.16. The molecular formula is C25H25ClN4O. The van der Waals surface area contributed by atoms with Crippen molar-refractivity contribution >= 4 is 11.6 Å². The lowest BCUT2D eigenvalue weighted by molar-refractivity contribution is 0.112. The summed E-state index contributed by atoms with van der Waals surface area (Å²) in [6.45, 7) is 6.44. The van der Waals surface area contributed by atoms with Crippen LogP contribution in [0, 0.1) is 11.3 Å². The molecule has 0 amide bonds. The number of ether oxygens (including phenoxy) is 1. The van der Waals surface area contributed by atoms with Crippen molar-refractivity contribution in [2.24, 2.45) is 0 Å². The summed E-state index contributed by atoms with van der Waals surface area (Å²) < 4.78 is 5.82. The van der Waals surface area contributed by atoms with Crippen molar-refractivity contribution in [1.29, 1.82) is 5.26 Å². The highest BCUT2D eigenvalue weighted by atomic mass is 35.5. The smallest absolute Gasteiger partial charge is 0.120 e. The first-order valence-electron chi connectivity index (χ1n) is 10.5. The number of aromatic nitrogens is 1. The molecule has 2 aromatic carbocycles. The molecule has 2 heterocycles. The first-order valence-corrected chi connectivity index (χ1v) is 10.9. The van der Waals surface area contributed by atoms with Crippen LogP contribution in [0.15, 0.2) is 66.9 Å². The van der Waals surface area contributed by atoms with Crippen LogP contribution in [0.5, 0.6) is 5.75 Å². The van der Waals surface area contributed by atoms with Crippen LogP contribution in [-0.2, 0) is 6.54 Å². The van der Waals surface area contributed by atoms with Gasteiger partial charge in [0.15, 0.2) is 0 Å². The van der Waals surface area contributed by atoms with Gasteiger partial charge in [-0.2, -0.15) is 5.26 Å². The number of halogens is 1. The van der Waals surface area contributed by atoms with Gasteiger partial charge in [-0.05, 0) is 42.0 Å². The van der Waals surface area contributed by atoms with Gasteiger partial charge in [-0.15, -0.1) is 0 Å². The predicted molar refractivity (Wildman–Crippen MR) is 123 cm³/mol. The summed E-state index contributed by atoms with van der Waals surface area (Å²) in [5.74, 6) is 0.754. The van der Waals surface area contributed by atoms with Gasteiger partial charge in [-0.25, -0.2) is 0 Å². The molecular weight excluding hydrogens is 408 g/mol. The summed E-state index contributed by atoms with van der Waals surface area (Å²) in [6.07, 6.45) is 1.84. The molecule has 158 valence electrons. The van der Waals surface area contributed by atoms with Crippen molar-refractivity contribution in [2.45, 2.75) is 6.54 Å². The highest BCUT2D eigenvalue weighted by Gasteiger charge is 2.18. The second kappa shape index (κ2) is 10.4. The number of pyridine rings is 1. The summed E-state index contributed by atoms with van der Waals surface area (Å²) in [6, 6.07) is 21.5. The molecule has 0 radical (unpaired) electrons. The second-order valence-electron chi connectivity index (χ2n) is 7.62. The third-order valence-corrected chi connectivity index (χ3v) is 5.76. The number of benzene rings is 2. The van der Waals surface area contributed by atoms with Crippen LogP contribution >= 0.6 is 11.6 Å². The molecule has 6 heteroatoms. The SMILES string of the molecule is N#Cc1cccc(OCCN2CCN(Cc3cccnc3-c3ccc(Cl)cc3)CC2)c1. The normalized spacial score (nSPS) is 14.8. The van der Waals surface area contributed by atoms with Gasteiger partial charge >= 0.3 is 0 Å². The zero-order valence-electron chi connectivity index (χ0n) is 17.4. The van der Waals surface area contributed by atoms with Crippen LogP contribution in [0.1, 0.15) is 11.1 Å². The van der Waals surface area contributed by atoms with Crippen molar-refractivity contribution in [3.05, 3.63) is 83.0 Å². The topological polar surface area (TPSA) is 52.4 Å². The quantitative estimate of drug-likeness (QED) is 0.551. The molecule has 5 nitrogen and oxygen atoms in total. The van der Waals surface area contributed by atoms with E-state index in [1.807, 2.05) is 48.7 Å². The third-order valence-electron chi connectivity index (χ3n) is 5.51. The minimum absolute atomic E-state index is 0.623. The lowest BCUT2D eigenvalue weighted by Crippen LogP contribution is -2.47. The zero-order chi connectivity index (χ0) is 21.5. The van der Waals surface area contributed by atoms with Crippen molar-refractivity contribution in [1.82, 2.24) is 14.8 Å². The van der Waals surface area contributed by atoms with Gasteiger partial charge in [0.05, 0.1) is 17.3 Å². The van der Waals surface area contributed by atoms with Crippen molar-refractivity contribution < 1.29 is 4.74 Å². The molecule has 0 unspecified atom stereocenters. The Morgan fingerprint density at radius 2 is 1.74 bits per heavy atom. The van der Waals surface area contributed by atoms with E-state index in [0.717, 1.165) is 61.3 Å². The van der Waals surface area contributed by atoms with E-state index in [4.69, 9.17) is 21.6 Å². The van der Waals surface area contributed by atoms with Gasteiger partial charge < -0.3 is 4.74 Å². The second-order valence-corrected chi connectivity index (χ2v) is 8.06. The highest BCUT2D eigenvalue weighted by Crippen LogP contribution is 2.24. The van der Waals surface area contributed by atoms with Crippen LogP contribution in [0.4, 0.5) is 0 Å². The third kappa shape index (κ3) is 5.83. The van der Waals surface area contributed by atoms with Gasteiger partial charge in [0.1, 0.15) is 12.4 Å². The number of nitriles is 1. The summed E-state index contributed by atoms with van der Waals surface area (Å²) in [5, 5.41) is 9.72. The van der Waals surface area contributed by atoms with E-state index >= 15 is 0 Å². The maximum absolute atomic E-state index is 8.99. The fraction of sp³-hybridized carbons (Fsp3) is 0.280. The van der Waals surface area contributed by atoms with Crippen molar-refractivity contribution in [3.63, 3.8) is 0 Å². The zero-order valence-corrected chi connectivity index (χ0v) is 18.1. The standard InChI is InChI=1S/C25H25ClN4O/c26-23-8-6-21(7-9-23)25-22(4-2-10-28-25)19-30-13-11-29(12-14-30)15-16-31-24-5-1-3-20(17-24)18-27/h1-10,17H,11-16,19H2. The molecule has 3 aromatic rings. The fourth-order valence-electron chi connectivity index (χ4n) is 3.79. The Balaban J connectivity index is 1.27. The summed E-state index contributed by atoms with van der Waals surface area (Å²) in [5.41, 5.74) is 3.98. The Labute approximate surface area is 188 Å². The van der Waals surface area contributed by atoms with Crippen LogP contribution in [0.2, 0.25) is 5.02 Å². The van der Waals surface area contributed by atoms with Gasteiger partial charge in [-0.3, -0.25) is 14.8 Å². The molecule has 4 rings (SSSR count). The van der Waals surface area contributed by atoms with E-state index in [-0.39, 0.29) is 0 Å². The average Bonchev–Trinajstić information content (AvgIpc) is 2.81. The number of piperazine rings is 1. The summed E-state index contributed by atoms with van der Waals surface area (Å²) in [4.78, 5) is 9.52. The molecule has 0 bridgehead atoms. The maximum Gasteiger partial charge on any atom is 0.120 e. The molecule has 0 atom stereocenters.